The maximum absolute atomic E-state index is 13.9. The van der Waals surface area contributed by atoms with E-state index >= 15 is 0 Å². The fourth-order valence-corrected chi connectivity index (χ4v) is 3.18. The van der Waals surface area contributed by atoms with Crippen LogP contribution < -0.4 is 14.2 Å². The molecule has 3 aromatic rings. The number of benzene rings is 3. The topological polar surface area (TPSA) is 44.8 Å². The van der Waals surface area contributed by atoms with E-state index in [4.69, 9.17) is 25.8 Å². The molecule has 1 heterocycles. The van der Waals surface area contributed by atoms with Crippen LogP contribution in [0.2, 0.25) is 5.02 Å². The molecule has 3 aromatic carbocycles. The van der Waals surface area contributed by atoms with Crippen LogP contribution in [-0.2, 0) is 6.61 Å². The van der Waals surface area contributed by atoms with Crippen LogP contribution in [0.1, 0.15) is 21.5 Å². The first-order valence-electron chi connectivity index (χ1n) is 8.83. The van der Waals surface area contributed by atoms with Crippen molar-refractivity contribution in [1.29, 1.82) is 0 Å². The molecular formula is C23H16ClFO4. The SMILES string of the molecule is COc1cccc(C=C2Oc3cc(OCc4c(F)cccc4Cl)ccc3C2=O)c1. The van der Waals surface area contributed by atoms with Crippen LogP contribution in [-0.4, -0.2) is 12.9 Å². The number of rotatable bonds is 5. The highest BCUT2D eigenvalue weighted by Crippen LogP contribution is 2.35. The lowest BCUT2D eigenvalue weighted by molar-refractivity contribution is 0.101. The Morgan fingerprint density at radius 3 is 2.69 bits per heavy atom. The summed E-state index contributed by atoms with van der Waals surface area (Å²) in [7, 11) is 1.58. The van der Waals surface area contributed by atoms with Gasteiger partial charge in [0.05, 0.1) is 17.7 Å². The average molecular weight is 411 g/mol. The molecule has 4 nitrogen and oxygen atoms in total. The summed E-state index contributed by atoms with van der Waals surface area (Å²) in [6, 6.07) is 16.6. The number of carbonyl (C=O) groups is 1. The first kappa shape index (κ1) is 19.0. The second-order valence-corrected chi connectivity index (χ2v) is 6.77. The summed E-state index contributed by atoms with van der Waals surface area (Å²) in [6.45, 7) is -0.0370. The Morgan fingerprint density at radius 2 is 1.90 bits per heavy atom. The van der Waals surface area contributed by atoms with Crippen molar-refractivity contribution in [2.75, 3.05) is 7.11 Å². The first-order chi connectivity index (χ1) is 14.0. The molecule has 0 radical (unpaired) electrons. The van der Waals surface area contributed by atoms with Crippen LogP contribution in [0.5, 0.6) is 17.2 Å². The van der Waals surface area contributed by atoms with Crippen molar-refractivity contribution in [1.82, 2.24) is 0 Å². The molecule has 0 saturated heterocycles. The van der Waals surface area contributed by atoms with Crippen molar-refractivity contribution in [3.05, 3.63) is 94.0 Å². The number of methoxy groups -OCH3 is 1. The van der Waals surface area contributed by atoms with E-state index in [0.29, 0.717) is 27.8 Å². The first-order valence-corrected chi connectivity index (χ1v) is 9.21. The standard InChI is InChI=1S/C23H16ClFO4/c1-27-15-5-2-4-14(10-15)11-22-23(26)17-9-8-16(12-21(17)29-22)28-13-18-19(24)6-3-7-20(18)25/h2-12H,13H2,1H3. The molecule has 0 fully saturated rings. The number of hydrogen-bond acceptors (Lipinski definition) is 4. The van der Waals surface area contributed by atoms with Crippen LogP contribution in [0.25, 0.3) is 6.08 Å². The van der Waals surface area contributed by atoms with E-state index in [1.807, 2.05) is 18.2 Å². The molecular weight excluding hydrogens is 395 g/mol. The molecule has 29 heavy (non-hydrogen) atoms. The largest absolute Gasteiger partial charge is 0.497 e. The van der Waals surface area contributed by atoms with Gasteiger partial charge in [0.25, 0.3) is 0 Å². The molecule has 0 bridgehead atoms. The van der Waals surface area contributed by atoms with Gasteiger partial charge in [0.15, 0.2) is 5.76 Å². The molecule has 1 aliphatic rings. The molecule has 1 aliphatic heterocycles. The third-order valence-corrected chi connectivity index (χ3v) is 4.83. The number of ketones is 1. The van der Waals surface area contributed by atoms with E-state index in [9.17, 15) is 9.18 Å². The summed E-state index contributed by atoms with van der Waals surface area (Å²) in [5, 5.41) is 0.293. The fraction of sp³-hybridized carbons (Fsp3) is 0.0870. The Morgan fingerprint density at radius 1 is 1.07 bits per heavy atom. The van der Waals surface area contributed by atoms with Crippen molar-refractivity contribution in [3.8, 4) is 17.2 Å². The zero-order valence-corrected chi connectivity index (χ0v) is 16.2. The van der Waals surface area contributed by atoms with Crippen LogP contribution in [0.3, 0.4) is 0 Å². The molecule has 146 valence electrons. The van der Waals surface area contributed by atoms with Crippen LogP contribution >= 0.6 is 11.6 Å². The minimum atomic E-state index is -0.436. The predicted molar refractivity (Wildman–Crippen MR) is 108 cm³/mol. The number of hydrogen-bond donors (Lipinski definition) is 0. The Kier molecular flexibility index (Phi) is 5.23. The van der Waals surface area contributed by atoms with Crippen molar-refractivity contribution < 1.29 is 23.4 Å². The lowest BCUT2D eigenvalue weighted by Gasteiger charge is -2.09. The van der Waals surface area contributed by atoms with Gasteiger partial charge < -0.3 is 14.2 Å². The van der Waals surface area contributed by atoms with Crippen molar-refractivity contribution >= 4 is 23.5 Å². The van der Waals surface area contributed by atoms with Gasteiger partial charge in [-0.3, -0.25) is 4.79 Å². The maximum Gasteiger partial charge on any atom is 0.231 e. The summed E-state index contributed by atoms with van der Waals surface area (Å²) in [4.78, 5) is 12.6. The van der Waals surface area contributed by atoms with Crippen molar-refractivity contribution in [2.24, 2.45) is 0 Å². The van der Waals surface area contributed by atoms with Crippen LogP contribution in [0.4, 0.5) is 4.39 Å². The highest BCUT2D eigenvalue weighted by Gasteiger charge is 2.27. The molecule has 0 atom stereocenters. The van der Waals surface area contributed by atoms with E-state index in [-0.39, 0.29) is 23.7 Å². The quantitative estimate of drug-likeness (QED) is 0.507. The van der Waals surface area contributed by atoms with Crippen LogP contribution in [0, 0.1) is 5.82 Å². The number of ether oxygens (including phenoxy) is 3. The van der Waals surface area contributed by atoms with Crippen molar-refractivity contribution in [2.45, 2.75) is 6.61 Å². The van der Waals surface area contributed by atoms with Gasteiger partial charge in [-0.2, -0.15) is 0 Å². The average Bonchev–Trinajstić information content (AvgIpc) is 3.02. The van der Waals surface area contributed by atoms with E-state index in [1.165, 1.54) is 12.1 Å². The van der Waals surface area contributed by atoms with Gasteiger partial charge in [-0.25, -0.2) is 4.39 Å². The Labute approximate surface area is 172 Å². The number of carbonyl (C=O) groups excluding carboxylic acids is 1. The highest BCUT2D eigenvalue weighted by molar-refractivity contribution is 6.31. The summed E-state index contributed by atoms with van der Waals surface area (Å²) in [6.07, 6.45) is 1.66. The molecule has 0 N–H and O–H groups in total. The number of allylic oxidation sites excluding steroid dienone is 1. The minimum Gasteiger partial charge on any atom is -0.497 e. The summed E-state index contributed by atoms with van der Waals surface area (Å²) < 4.78 is 30.5. The molecule has 0 aliphatic carbocycles. The second kappa shape index (κ2) is 7.97. The lowest BCUT2D eigenvalue weighted by atomic mass is 10.1. The summed E-state index contributed by atoms with van der Waals surface area (Å²) in [5.41, 5.74) is 1.49. The molecule has 6 heteroatoms. The zero-order valence-electron chi connectivity index (χ0n) is 15.4. The monoisotopic (exact) mass is 410 g/mol. The maximum atomic E-state index is 13.9. The van der Waals surface area contributed by atoms with E-state index < -0.39 is 5.82 Å². The summed E-state index contributed by atoms with van der Waals surface area (Å²) >= 11 is 6.02. The van der Waals surface area contributed by atoms with E-state index in [0.717, 1.165) is 5.56 Å². The molecule has 0 unspecified atom stereocenters. The van der Waals surface area contributed by atoms with Gasteiger partial charge in [0, 0.05) is 11.6 Å². The number of fused-ring (bicyclic) bond motifs is 1. The minimum absolute atomic E-state index is 0.0370. The van der Waals surface area contributed by atoms with Gasteiger partial charge in [-0.05, 0) is 48.0 Å². The van der Waals surface area contributed by atoms with E-state index in [2.05, 4.69) is 0 Å². The summed E-state index contributed by atoms with van der Waals surface area (Å²) in [5.74, 6) is 1.08. The predicted octanol–water partition coefficient (Wildman–Crippen LogP) is 5.68. The molecule has 4 rings (SSSR count). The number of Topliss-reactive ketones (excluding diaryl/α,β-unsaturated/α-hetero) is 1. The Bertz CT molecular complexity index is 1100. The third kappa shape index (κ3) is 3.96. The zero-order chi connectivity index (χ0) is 20.4. The Hall–Kier alpha value is -3.31. The normalized spacial score (nSPS) is 13.9. The van der Waals surface area contributed by atoms with Crippen LogP contribution in [0.15, 0.2) is 66.4 Å². The lowest BCUT2D eigenvalue weighted by Crippen LogP contribution is -1.99. The fourth-order valence-electron chi connectivity index (χ4n) is 2.97. The molecule has 0 amide bonds. The third-order valence-electron chi connectivity index (χ3n) is 4.48. The van der Waals surface area contributed by atoms with E-state index in [1.54, 1.807) is 43.5 Å². The molecule has 0 spiro atoms. The highest BCUT2D eigenvalue weighted by atomic mass is 35.5. The number of halogens is 2. The second-order valence-electron chi connectivity index (χ2n) is 6.36. The van der Waals surface area contributed by atoms with Gasteiger partial charge in [-0.15, -0.1) is 0 Å². The molecule has 0 saturated carbocycles. The van der Waals surface area contributed by atoms with Gasteiger partial charge in [0.2, 0.25) is 5.78 Å². The Balaban J connectivity index is 1.53. The van der Waals surface area contributed by atoms with Gasteiger partial charge in [0.1, 0.15) is 29.7 Å². The van der Waals surface area contributed by atoms with Crippen molar-refractivity contribution in [3.63, 3.8) is 0 Å². The van der Waals surface area contributed by atoms with Gasteiger partial charge >= 0.3 is 0 Å². The molecule has 0 aromatic heterocycles. The van der Waals surface area contributed by atoms with Gasteiger partial charge in [-0.1, -0.05) is 29.8 Å². The smallest absolute Gasteiger partial charge is 0.231 e.